The lowest BCUT2D eigenvalue weighted by Gasteiger charge is -2.06. The number of hydrogen-bond donors (Lipinski definition) is 1. The molecule has 8 heteroatoms. The highest BCUT2D eigenvalue weighted by molar-refractivity contribution is 5.91. The number of hydrogen-bond acceptors (Lipinski definition) is 6. The minimum atomic E-state index is -0.573. The van der Waals surface area contributed by atoms with Crippen molar-refractivity contribution in [3.05, 3.63) is 36.2 Å². The minimum Gasteiger partial charge on any atom is -0.452 e. The molecule has 0 saturated carbocycles. The summed E-state index contributed by atoms with van der Waals surface area (Å²) >= 11 is 0. The Labute approximate surface area is 121 Å². The van der Waals surface area contributed by atoms with Gasteiger partial charge in [0.05, 0.1) is 11.3 Å². The third-order valence-electron chi connectivity index (χ3n) is 2.60. The molecule has 0 bridgehead atoms. The molecule has 0 fully saturated rings. The van der Waals surface area contributed by atoms with Gasteiger partial charge in [-0.3, -0.25) is 4.79 Å². The molecule has 0 saturated heterocycles. The Morgan fingerprint density at radius 3 is 2.95 bits per heavy atom. The SMILES string of the molecule is CCCNC(=O)COC(=O)c1cccc(-n2cnnn2)c1. The zero-order valence-electron chi connectivity index (χ0n) is 11.5. The average Bonchev–Trinajstić information content (AvgIpc) is 3.05. The monoisotopic (exact) mass is 289 g/mol. The minimum absolute atomic E-state index is 0.298. The van der Waals surface area contributed by atoms with Gasteiger partial charge in [-0.05, 0) is 35.0 Å². The molecule has 0 aliphatic rings. The van der Waals surface area contributed by atoms with E-state index >= 15 is 0 Å². The van der Waals surface area contributed by atoms with E-state index in [0.717, 1.165) is 6.42 Å². The molecule has 0 radical (unpaired) electrons. The molecule has 1 aromatic carbocycles. The number of amides is 1. The van der Waals surface area contributed by atoms with Crippen LogP contribution in [-0.4, -0.2) is 45.2 Å². The number of aromatic nitrogens is 4. The lowest BCUT2D eigenvalue weighted by Crippen LogP contribution is -2.29. The molecular weight excluding hydrogens is 274 g/mol. The number of carbonyl (C=O) groups is 2. The normalized spacial score (nSPS) is 10.1. The number of carbonyl (C=O) groups excluding carboxylic acids is 2. The largest absolute Gasteiger partial charge is 0.452 e. The maximum atomic E-state index is 11.9. The van der Waals surface area contributed by atoms with Crippen molar-refractivity contribution in [1.82, 2.24) is 25.5 Å². The first-order valence-electron chi connectivity index (χ1n) is 6.48. The number of nitrogens with zero attached hydrogens (tertiary/aromatic N) is 4. The predicted octanol–water partition coefficient (Wildman–Crippen LogP) is 0.345. The first-order chi connectivity index (χ1) is 10.2. The summed E-state index contributed by atoms with van der Waals surface area (Å²) in [6.45, 7) is 2.20. The molecule has 1 heterocycles. The summed E-state index contributed by atoms with van der Waals surface area (Å²) in [5.74, 6) is -0.890. The molecule has 1 N–H and O–H groups in total. The summed E-state index contributed by atoms with van der Waals surface area (Å²) in [6.07, 6.45) is 2.25. The van der Waals surface area contributed by atoms with Gasteiger partial charge in [-0.1, -0.05) is 13.0 Å². The van der Waals surface area contributed by atoms with Crippen molar-refractivity contribution in [1.29, 1.82) is 0 Å². The molecule has 1 amide bonds. The number of tetrazole rings is 1. The van der Waals surface area contributed by atoms with Gasteiger partial charge in [-0.15, -0.1) is 5.10 Å². The van der Waals surface area contributed by atoms with Crippen molar-refractivity contribution in [2.75, 3.05) is 13.2 Å². The third kappa shape index (κ3) is 4.10. The number of esters is 1. The van der Waals surface area contributed by atoms with E-state index in [4.69, 9.17) is 4.74 Å². The second kappa shape index (κ2) is 7.13. The molecule has 0 unspecified atom stereocenters. The highest BCUT2D eigenvalue weighted by Gasteiger charge is 2.11. The first kappa shape index (κ1) is 14.6. The van der Waals surface area contributed by atoms with E-state index in [1.165, 1.54) is 11.0 Å². The van der Waals surface area contributed by atoms with Gasteiger partial charge in [0.25, 0.3) is 5.91 Å². The van der Waals surface area contributed by atoms with Crippen LogP contribution in [0.5, 0.6) is 0 Å². The van der Waals surface area contributed by atoms with E-state index in [2.05, 4.69) is 20.8 Å². The molecule has 2 aromatic rings. The molecule has 0 aliphatic heterocycles. The van der Waals surface area contributed by atoms with E-state index in [-0.39, 0.29) is 12.5 Å². The van der Waals surface area contributed by atoms with Gasteiger partial charge in [-0.2, -0.15) is 0 Å². The van der Waals surface area contributed by atoms with Crippen molar-refractivity contribution >= 4 is 11.9 Å². The maximum absolute atomic E-state index is 11.9. The fourth-order valence-corrected chi connectivity index (χ4v) is 1.58. The Kier molecular flexibility index (Phi) is 4.97. The van der Waals surface area contributed by atoms with Gasteiger partial charge < -0.3 is 10.1 Å². The van der Waals surface area contributed by atoms with E-state index in [1.807, 2.05) is 6.92 Å². The molecule has 21 heavy (non-hydrogen) atoms. The molecule has 0 spiro atoms. The first-order valence-corrected chi connectivity index (χ1v) is 6.48. The van der Waals surface area contributed by atoms with Crippen molar-refractivity contribution in [3.63, 3.8) is 0 Å². The highest BCUT2D eigenvalue weighted by Crippen LogP contribution is 2.09. The summed E-state index contributed by atoms with van der Waals surface area (Å²) in [6, 6.07) is 6.62. The summed E-state index contributed by atoms with van der Waals surface area (Å²) in [5, 5.41) is 13.4. The average molecular weight is 289 g/mol. The highest BCUT2D eigenvalue weighted by atomic mass is 16.5. The quantitative estimate of drug-likeness (QED) is 0.770. The molecule has 8 nitrogen and oxygen atoms in total. The Balaban J connectivity index is 1.97. The van der Waals surface area contributed by atoms with Crippen LogP contribution >= 0.6 is 0 Å². The Hall–Kier alpha value is -2.77. The van der Waals surface area contributed by atoms with Gasteiger partial charge in [-0.25, -0.2) is 9.48 Å². The molecule has 0 aliphatic carbocycles. The van der Waals surface area contributed by atoms with Crippen LogP contribution in [0.3, 0.4) is 0 Å². The van der Waals surface area contributed by atoms with Crippen molar-refractivity contribution < 1.29 is 14.3 Å². The number of rotatable bonds is 6. The van der Waals surface area contributed by atoms with E-state index < -0.39 is 5.97 Å². The predicted molar refractivity (Wildman–Crippen MR) is 72.7 cm³/mol. The van der Waals surface area contributed by atoms with Crippen molar-refractivity contribution in [2.45, 2.75) is 13.3 Å². The lowest BCUT2D eigenvalue weighted by molar-refractivity contribution is -0.124. The van der Waals surface area contributed by atoms with E-state index in [9.17, 15) is 9.59 Å². The van der Waals surface area contributed by atoms with Gasteiger partial charge in [0, 0.05) is 6.54 Å². The summed E-state index contributed by atoms with van der Waals surface area (Å²) in [4.78, 5) is 23.3. The third-order valence-corrected chi connectivity index (χ3v) is 2.60. The Morgan fingerprint density at radius 1 is 1.38 bits per heavy atom. The fourth-order valence-electron chi connectivity index (χ4n) is 1.58. The van der Waals surface area contributed by atoms with E-state index in [0.29, 0.717) is 17.8 Å². The van der Waals surface area contributed by atoms with Crippen LogP contribution in [0.2, 0.25) is 0 Å². The van der Waals surface area contributed by atoms with Crippen LogP contribution < -0.4 is 5.32 Å². The summed E-state index contributed by atoms with van der Waals surface area (Å²) in [7, 11) is 0. The van der Waals surface area contributed by atoms with Crippen molar-refractivity contribution in [3.8, 4) is 5.69 Å². The van der Waals surface area contributed by atoms with Crippen LogP contribution in [0, 0.1) is 0 Å². The zero-order valence-corrected chi connectivity index (χ0v) is 11.5. The van der Waals surface area contributed by atoms with Gasteiger partial charge in [0.2, 0.25) is 0 Å². The van der Waals surface area contributed by atoms with Crippen LogP contribution in [0.15, 0.2) is 30.6 Å². The van der Waals surface area contributed by atoms with E-state index in [1.54, 1.807) is 24.3 Å². The van der Waals surface area contributed by atoms with Gasteiger partial charge >= 0.3 is 5.97 Å². The van der Waals surface area contributed by atoms with Gasteiger partial charge in [0.1, 0.15) is 6.33 Å². The summed E-state index contributed by atoms with van der Waals surface area (Å²) in [5.41, 5.74) is 0.955. The fraction of sp³-hybridized carbons (Fsp3) is 0.308. The molecular formula is C13H15N5O3. The van der Waals surface area contributed by atoms with Crippen LogP contribution in [0.1, 0.15) is 23.7 Å². The topological polar surface area (TPSA) is 99.0 Å². The Morgan fingerprint density at radius 2 is 2.24 bits per heavy atom. The standard InChI is InChI=1S/C13H15N5O3/c1-2-6-14-12(19)8-21-13(20)10-4-3-5-11(7-10)18-9-15-16-17-18/h3-5,7,9H,2,6,8H2,1H3,(H,14,19). The number of nitrogens with one attached hydrogen (secondary N) is 1. The Bertz CT molecular complexity index is 612. The van der Waals surface area contributed by atoms with Gasteiger partial charge in [0.15, 0.2) is 6.61 Å². The van der Waals surface area contributed by atoms with Crippen LogP contribution in [0.25, 0.3) is 5.69 Å². The zero-order chi connectivity index (χ0) is 15.1. The lowest BCUT2D eigenvalue weighted by atomic mass is 10.2. The van der Waals surface area contributed by atoms with Crippen LogP contribution in [0.4, 0.5) is 0 Å². The molecule has 2 rings (SSSR count). The molecule has 1 aromatic heterocycles. The maximum Gasteiger partial charge on any atom is 0.338 e. The molecule has 110 valence electrons. The second-order valence-electron chi connectivity index (χ2n) is 4.23. The van der Waals surface area contributed by atoms with Crippen LogP contribution in [-0.2, 0) is 9.53 Å². The molecule has 0 atom stereocenters. The second-order valence-corrected chi connectivity index (χ2v) is 4.23. The smallest absolute Gasteiger partial charge is 0.338 e. The van der Waals surface area contributed by atoms with Crippen molar-refractivity contribution in [2.24, 2.45) is 0 Å². The number of ether oxygens (including phenoxy) is 1. The summed E-state index contributed by atoms with van der Waals surface area (Å²) < 4.78 is 6.37. The number of benzene rings is 1.